The highest BCUT2D eigenvalue weighted by molar-refractivity contribution is 5.94. The molecule has 0 aliphatic carbocycles. The molecule has 0 atom stereocenters. The van der Waals surface area contributed by atoms with Crippen molar-refractivity contribution in [3.05, 3.63) is 54.0 Å². The van der Waals surface area contributed by atoms with Gasteiger partial charge in [0.15, 0.2) is 0 Å². The Labute approximate surface area is 131 Å². The second-order valence-corrected chi connectivity index (χ2v) is 5.29. The molecule has 0 bridgehead atoms. The molecule has 2 aromatic rings. The van der Waals surface area contributed by atoms with Crippen LogP contribution in [0.5, 0.6) is 0 Å². The van der Waals surface area contributed by atoms with E-state index in [0.717, 1.165) is 11.3 Å². The number of methoxy groups -OCH3 is 1. The van der Waals surface area contributed by atoms with Crippen molar-refractivity contribution in [3.63, 3.8) is 0 Å². The van der Waals surface area contributed by atoms with Crippen molar-refractivity contribution in [1.82, 2.24) is 4.90 Å². The van der Waals surface area contributed by atoms with E-state index in [9.17, 15) is 4.79 Å². The van der Waals surface area contributed by atoms with E-state index in [0.29, 0.717) is 25.3 Å². The van der Waals surface area contributed by atoms with Crippen LogP contribution in [0.25, 0.3) is 0 Å². The highest BCUT2D eigenvalue weighted by Crippen LogP contribution is 2.15. The van der Waals surface area contributed by atoms with E-state index in [1.54, 1.807) is 24.5 Å². The van der Waals surface area contributed by atoms with Gasteiger partial charge in [0.2, 0.25) is 0 Å². The first-order valence-electron chi connectivity index (χ1n) is 7.18. The lowest BCUT2D eigenvalue weighted by atomic mass is 10.1. The Hall–Kier alpha value is -2.27. The van der Waals surface area contributed by atoms with Gasteiger partial charge in [0.1, 0.15) is 0 Å². The van der Waals surface area contributed by atoms with Crippen LogP contribution in [0.15, 0.2) is 47.3 Å². The Morgan fingerprint density at radius 2 is 1.91 bits per heavy atom. The minimum absolute atomic E-state index is 0.0106. The zero-order valence-electron chi connectivity index (χ0n) is 13.3. The summed E-state index contributed by atoms with van der Waals surface area (Å²) in [4.78, 5) is 16.4. The first-order valence-corrected chi connectivity index (χ1v) is 7.18. The third kappa shape index (κ3) is 4.11. The quantitative estimate of drug-likeness (QED) is 0.789. The molecule has 0 aliphatic heterocycles. The van der Waals surface area contributed by atoms with E-state index >= 15 is 0 Å². The largest absolute Gasteiger partial charge is 0.472 e. The van der Waals surface area contributed by atoms with Crippen molar-refractivity contribution in [2.75, 3.05) is 39.3 Å². The molecule has 0 spiro atoms. The van der Waals surface area contributed by atoms with Gasteiger partial charge in [-0.2, -0.15) is 0 Å². The fourth-order valence-corrected chi connectivity index (χ4v) is 2.14. The number of anilines is 1. The fourth-order valence-electron chi connectivity index (χ4n) is 2.14. The number of carbonyl (C=O) groups is 1. The molecule has 22 heavy (non-hydrogen) atoms. The smallest absolute Gasteiger partial charge is 0.254 e. The van der Waals surface area contributed by atoms with Gasteiger partial charge in [0.05, 0.1) is 19.1 Å². The lowest BCUT2D eigenvalue weighted by molar-refractivity contribution is 0.0680. The number of amides is 1. The maximum absolute atomic E-state index is 12.7. The van der Waals surface area contributed by atoms with Crippen LogP contribution < -0.4 is 4.90 Å². The molecule has 0 fully saturated rings. The molecule has 0 saturated heterocycles. The molecule has 2 rings (SSSR count). The van der Waals surface area contributed by atoms with Crippen molar-refractivity contribution in [1.29, 1.82) is 0 Å². The van der Waals surface area contributed by atoms with Crippen molar-refractivity contribution in [2.24, 2.45) is 0 Å². The predicted octanol–water partition coefficient (Wildman–Crippen LogP) is 2.63. The number of benzene rings is 1. The number of furan rings is 1. The molecule has 5 heteroatoms. The summed E-state index contributed by atoms with van der Waals surface area (Å²) in [6.45, 7) is 1.55. The van der Waals surface area contributed by atoms with E-state index in [1.165, 1.54) is 0 Å². The summed E-state index contributed by atoms with van der Waals surface area (Å²) in [5, 5.41) is 0. The third-order valence-corrected chi connectivity index (χ3v) is 3.44. The van der Waals surface area contributed by atoms with Gasteiger partial charge < -0.3 is 19.0 Å². The van der Waals surface area contributed by atoms with Gasteiger partial charge in [-0.05, 0) is 30.3 Å². The number of nitrogens with zero attached hydrogens (tertiary/aromatic N) is 2. The van der Waals surface area contributed by atoms with Gasteiger partial charge in [-0.15, -0.1) is 0 Å². The van der Waals surface area contributed by atoms with E-state index in [1.807, 2.05) is 49.3 Å². The Balaban J connectivity index is 2.13. The zero-order chi connectivity index (χ0) is 15.9. The average Bonchev–Trinajstić information content (AvgIpc) is 3.04. The third-order valence-electron chi connectivity index (χ3n) is 3.44. The van der Waals surface area contributed by atoms with Crippen LogP contribution in [-0.4, -0.2) is 45.2 Å². The van der Waals surface area contributed by atoms with Crippen LogP contribution >= 0.6 is 0 Å². The molecule has 0 radical (unpaired) electrons. The molecule has 0 aliphatic rings. The monoisotopic (exact) mass is 302 g/mol. The van der Waals surface area contributed by atoms with E-state index < -0.39 is 0 Å². The summed E-state index contributed by atoms with van der Waals surface area (Å²) < 4.78 is 10.2. The van der Waals surface area contributed by atoms with Crippen molar-refractivity contribution < 1.29 is 13.9 Å². The fraction of sp³-hybridized carbons (Fsp3) is 0.353. The minimum atomic E-state index is -0.0106. The molecule has 5 nitrogen and oxygen atoms in total. The topological polar surface area (TPSA) is 45.9 Å². The molecule has 1 amide bonds. The zero-order valence-corrected chi connectivity index (χ0v) is 13.3. The summed E-state index contributed by atoms with van der Waals surface area (Å²) in [7, 11) is 5.58. The molecule has 1 heterocycles. The summed E-state index contributed by atoms with van der Waals surface area (Å²) >= 11 is 0. The van der Waals surface area contributed by atoms with Crippen LogP contribution in [0.2, 0.25) is 0 Å². The number of ether oxygens (including phenoxy) is 1. The Morgan fingerprint density at radius 1 is 1.18 bits per heavy atom. The van der Waals surface area contributed by atoms with E-state index in [4.69, 9.17) is 9.15 Å². The number of hydrogen-bond donors (Lipinski definition) is 0. The minimum Gasteiger partial charge on any atom is -0.472 e. The molecule has 0 N–H and O–H groups in total. The number of carbonyl (C=O) groups excluding carboxylic acids is 1. The van der Waals surface area contributed by atoms with Gasteiger partial charge in [0, 0.05) is 51.1 Å². The molecule has 118 valence electrons. The summed E-state index contributed by atoms with van der Waals surface area (Å²) in [5.74, 6) is -0.0106. The van der Waals surface area contributed by atoms with Crippen LogP contribution in [0.3, 0.4) is 0 Å². The summed E-state index contributed by atoms with van der Waals surface area (Å²) in [6, 6.07) is 9.46. The van der Waals surface area contributed by atoms with Gasteiger partial charge in [-0.3, -0.25) is 4.79 Å². The summed E-state index contributed by atoms with van der Waals surface area (Å²) in [5.41, 5.74) is 2.70. The maximum Gasteiger partial charge on any atom is 0.254 e. The SMILES string of the molecule is COCCN(Cc1ccoc1)C(=O)c1ccc(N(C)C)cc1. The highest BCUT2D eigenvalue weighted by Gasteiger charge is 2.16. The number of rotatable bonds is 7. The summed E-state index contributed by atoms with van der Waals surface area (Å²) in [6.07, 6.45) is 3.27. The van der Waals surface area contributed by atoms with Crippen LogP contribution in [-0.2, 0) is 11.3 Å². The standard InChI is InChI=1S/C17H22N2O3/c1-18(2)16-6-4-15(5-7-16)17(20)19(9-11-21-3)12-14-8-10-22-13-14/h4-8,10,13H,9,11-12H2,1-3H3. The maximum atomic E-state index is 12.7. The van der Waals surface area contributed by atoms with Crippen LogP contribution in [0.4, 0.5) is 5.69 Å². The number of hydrogen-bond acceptors (Lipinski definition) is 4. The van der Waals surface area contributed by atoms with Crippen molar-refractivity contribution in [3.8, 4) is 0 Å². The molecule has 1 aromatic heterocycles. The van der Waals surface area contributed by atoms with Gasteiger partial charge in [-0.1, -0.05) is 0 Å². The lowest BCUT2D eigenvalue weighted by Crippen LogP contribution is -2.33. The second-order valence-electron chi connectivity index (χ2n) is 5.29. The molecular weight excluding hydrogens is 280 g/mol. The Morgan fingerprint density at radius 3 is 2.45 bits per heavy atom. The Kier molecular flexibility index (Phi) is 5.61. The first kappa shape index (κ1) is 16.1. The van der Waals surface area contributed by atoms with Crippen molar-refractivity contribution >= 4 is 11.6 Å². The highest BCUT2D eigenvalue weighted by atomic mass is 16.5. The molecule has 0 saturated carbocycles. The van der Waals surface area contributed by atoms with Gasteiger partial charge in [0.25, 0.3) is 5.91 Å². The van der Waals surface area contributed by atoms with Crippen LogP contribution in [0.1, 0.15) is 15.9 Å². The van der Waals surface area contributed by atoms with Crippen LogP contribution in [0, 0.1) is 0 Å². The van der Waals surface area contributed by atoms with Crippen molar-refractivity contribution in [2.45, 2.75) is 6.54 Å². The van der Waals surface area contributed by atoms with Gasteiger partial charge >= 0.3 is 0 Å². The first-order chi connectivity index (χ1) is 10.6. The predicted molar refractivity (Wildman–Crippen MR) is 86.1 cm³/mol. The van der Waals surface area contributed by atoms with E-state index in [2.05, 4.69) is 0 Å². The molecule has 0 unspecified atom stereocenters. The average molecular weight is 302 g/mol. The second kappa shape index (κ2) is 7.66. The lowest BCUT2D eigenvalue weighted by Gasteiger charge is -2.22. The Bertz CT molecular complexity index is 576. The normalized spacial score (nSPS) is 10.5. The van der Waals surface area contributed by atoms with Gasteiger partial charge in [-0.25, -0.2) is 0 Å². The molecular formula is C17H22N2O3. The van der Waals surface area contributed by atoms with E-state index in [-0.39, 0.29) is 5.91 Å². The molecule has 1 aromatic carbocycles.